The van der Waals surface area contributed by atoms with Crippen molar-refractivity contribution in [3.8, 4) is 11.5 Å². The van der Waals surface area contributed by atoms with E-state index in [4.69, 9.17) is 21.4 Å². The van der Waals surface area contributed by atoms with Crippen molar-refractivity contribution in [3.05, 3.63) is 117 Å². The summed E-state index contributed by atoms with van der Waals surface area (Å²) in [6.45, 7) is 4.36. The van der Waals surface area contributed by atoms with Crippen LogP contribution in [0, 0.1) is 0 Å². The molecular weight excluding hydrogens is 926 g/mol. The number of aromatic hydroxyl groups is 1. The summed E-state index contributed by atoms with van der Waals surface area (Å²) in [6.07, 6.45) is -9.68. The second-order valence-corrected chi connectivity index (χ2v) is 14.3. The number of hydrogen-bond donors (Lipinski definition) is 2. The molecule has 0 bridgehead atoms. The number of aromatic amines is 1. The van der Waals surface area contributed by atoms with Crippen LogP contribution in [-0.2, 0) is 29.1 Å². The number of carbonyl (C=O) groups is 1. The third kappa shape index (κ3) is 13.6. The fourth-order valence-corrected chi connectivity index (χ4v) is 5.02. The lowest BCUT2D eigenvalue weighted by molar-refractivity contribution is -0.138. The number of benzene rings is 4. The molecule has 0 saturated carbocycles. The highest BCUT2D eigenvalue weighted by Crippen LogP contribution is 2.35. The number of alkyl halides is 10. The molecule has 2 N–H and O–H groups in total. The van der Waals surface area contributed by atoms with Crippen molar-refractivity contribution in [3.63, 3.8) is 0 Å². The molecule has 0 radical (unpaired) electrons. The molecule has 0 aliphatic rings. The van der Waals surface area contributed by atoms with E-state index < -0.39 is 53.1 Å². The quantitative estimate of drug-likeness (QED) is 0.135. The summed E-state index contributed by atoms with van der Waals surface area (Å²) in [4.78, 5) is 26.0. The summed E-state index contributed by atoms with van der Waals surface area (Å²) < 4.78 is 129. The molecule has 0 aliphatic heterocycles. The molecule has 8 nitrogen and oxygen atoms in total. The molecule has 0 spiro atoms. The second kappa shape index (κ2) is 18.6. The van der Waals surface area contributed by atoms with E-state index >= 15 is 0 Å². The average Bonchev–Trinajstić information content (AvgIpc) is 3.69. The molecule has 4 aromatic carbocycles. The zero-order valence-corrected chi connectivity index (χ0v) is 32.6. The van der Waals surface area contributed by atoms with Crippen LogP contribution in [-0.4, -0.2) is 36.3 Å². The van der Waals surface area contributed by atoms with Gasteiger partial charge in [-0.05, 0) is 117 Å². The van der Waals surface area contributed by atoms with Gasteiger partial charge in [0.15, 0.2) is 5.75 Å². The fraction of sp³-hybridized carbons (Fsp3) is 0.229. The summed E-state index contributed by atoms with van der Waals surface area (Å²) in [6, 6.07) is 17.2. The van der Waals surface area contributed by atoms with E-state index in [1.165, 1.54) is 12.1 Å². The van der Waals surface area contributed by atoms with Crippen LogP contribution in [0.1, 0.15) is 43.5 Å². The van der Waals surface area contributed by atoms with Crippen molar-refractivity contribution < 1.29 is 63.6 Å². The van der Waals surface area contributed by atoms with Gasteiger partial charge in [-0.25, -0.2) is 23.7 Å². The van der Waals surface area contributed by atoms with Gasteiger partial charge in [0.05, 0.1) is 33.2 Å². The van der Waals surface area contributed by atoms with E-state index in [1.54, 1.807) is 26.8 Å². The molecule has 0 saturated heterocycles. The van der Waals surface area contributed by atoms with Gasteiger partial charge in [-0.1, -0.05) is 31.9 Å². The lowest BCUT2D eigenvalue weighted by atomic mass is 10.2. The van der Waals surface area contributed by atoms with Crippen molar-refractivity contribution in [1.82, 2.24) is 19.5 Å². The molecule has 6 aromatic rings. The summed E-state index contributed by atoms with van der Waals surface area (Å²) >= 11 is 11.6. The van der Waals surface area contributed by atoms with Gasteiger partial charge in [0.25, 0.3) is 0 Å². The molecule has 2 aromatic heterocycles. The number of nitrogens with zero attached hydrogens (tertiary/aromatic N) is 3. The third-order valence-corrected chi connectivity index (χ3v) is 7.69. The third-order valence-electron chi connectivity index (χ3n) is 6.53. The van der Waals surface area contributed by atoms with Gasteiger partial charge >= 0.3 is 23.8 Å². The first-order valence-electron chi connectivity index (χ1n) is 15.3. The Morgan fingerprint density at radius 3 is 1.79 bits per heavy atom. The van der Waals surface area contributed by atoms with Crippen LogP contribution in [0.2, 0.25) is 0 Å². The molecule has 0 unspecified atom stereocenters. The first-order valence-corrected chi connectivity index (χ1v) is 17.3. The van der Waals surface area contributed by atoms with Gasteiger partial charge in [0.1, 0.15) is 23.8 Å². The molecule has 0 amide bonds. The van der Waals surface area contributed by atoms with Crippen LogP contribution in [0.15, 0.2) is 93.9 Å². The van der Waals surface area contributed by atoms with Crippen molar-refractivity contribution in [2.24, 2.45) is 0 Å². The molecule has 0 aliphatic carbocycles. The van der Waals surface area contributed by atoms with E-state index in [0.717, 1.165) is 64.0 Å². The predicted octanol–water partition coefficient (Wildman–Crippen LogP) is 13.0. The topological polar surface area (TPSA) is 102 Å². The maximum absolute atomic E-state index is 13.5. The van der Waals surface area contributed by atoms with Gasteiger partial charge in [-0.2, -0.15) is 35.1 Å². The van der Waals surface area contributed by atoms with Gasteiger partial charge in [0, 0.05) is 13.5 Å². The monoisotopic (exact) mass is 950 g/mol. The number of phenolic OH excluding ortho intramolecular Hbond substituents is 1. The Balaban J connectivity index is 0.000000209. The lowest BCUT2D eigenvalue weighted by Gasteiger charge is -2.21. The number of imidazole rings is 2. The molecule has 21 heteroatoms. The summed E-state index contributed by atoms with van der Waals surface area (Å²) in [5.41, 5.74) is -0.350. The van der Waals surface area contributed by atoms with E-state index in [2.05, 4.69) is 51.8 Å². The van der Waals surface area contributed by atoms with E-state index in [9.17, 15) is 48.8 Å². The number of rotatable bonds is 3. The fourth-order valence-electron chi connectivity index (χ4n) is 4.18. The minimum Gasteiger partial charge on any atom is -0.508 e. The summed E-state index contributed by atoms with van der Waals surface area (Å²) in [7, 11) is 0. The van der Waals surface area contributed by atoms with Crippen molar-refractivity contribution in [2.75, 3.05) is 0 Å². The molecule has 0 atom stereocenters. The van der Waals surface area contributed by atoms with Crippen LogP contribution in [0.4, 0.5) is 48.8 Å². The number of phenols is 1. The Morgan fingerprint density at radius 2 is 1.30 bits per heavy atom. The van der Waals surface area contributed by atoms with Crippen LogP contribution < -0.4 is 4.94 Å². The molecule has 2 heterocycles. The predicted molar refractivity (Wildman–Crippen MR) is 194 cm³/mol. The first-order chi connectivity index (χ1) is 25.8. The van der Waals surface area contributed by atoms with Crippen LogP contribution >= 0.6 is 43.5 Å². The van der Waals surface area contributed by atoms with E-state index in [1.807, 2.05) is 18.2 Å². The maximum Gasteiger partial charge on any atom is 0.420 e. The van der Waals surface area contributed by atoms with Crippen molar-refractivity contribution in [2.45, 2.75) is 50.8 Å². The lowest BCUT2D eigenvalue weighted by Crippen LogP contribution is -2.29. The highest BCUT2D eigenvalue weighted by atomic mass is 79.9. The second-order valence-electron chi connectivity index (χ2n) is 12.0. The molecule has 56 heavy (non-hydrogen) atoms. The minimum absolute atomic E-state index is 0.169. The number of aromatic nitrogens is 4. The first kappa shape index (κ1) is 45.8. The van der Waals surface area contributed by atoms with Gasteiger partial charge in [0.2, 0.25) is 5.82 Å². The standard InChI is InChI=1S/C13H12BrClF2N2O2.C8H6BrFN2.C7H4F4O.C7H5F3O/c1-12(2,3)21-11(20)19-9-5-4-7(14)6-8(9)18-10(19)13(15,16)17;9-5-1-2-6-7(3-5)12-8(4-10)11-6;8-7(9,10)5-1-3-6(12-11)4-2-5;8-7(9,10)5-1-3-6(11)4-2-5/h4-6H,1-3H3;1-3H,4H2,(H,11,12);1-4H;1-4,11H. The largest absolute Gasteiger partial charge is 0.508 e. The van der Waals surface area contributed by atoms with Crippen LogP contribution in [0.25, 0.3) is 22.1 Å². The number of H-pyrrole nitrogens is 1. The van der Waals surface area contributed by atoms with E-state index in [0.29, 0.717) is 14.9 Å². The van der Waals surface area contributed by atoms with Crippen LogP contribution in [0.5, 0.6) is 11.5 Å². The zero-order valence-electron chi connectivity index (χ0n) is 28.7. The van der Waals surface area contributed by atoms with Crippen molar-refractivity contribution >= 4 is 71.6 Å². The van der Waals surface area contributed by atoms with Gasteiger partial charge < -0.3 is 14.8 Å². The molecule has 6 rings (SSSR count). The minimum atomic E-state index is -4.39. The molecular formula is C35H27Br2ClF10N4O4. The smallest absolute Gasteiger partial charge is 0.420 e. The Labute approximate surface area is 332 Å². The van der Waals surface area contributed by atoms with Gasteiger partial charge in [-0.3, -0.25) is 4.94 Å². The Hall–Kier alpha value is -4.56. The molecule has 0 fully saturated rings. The number of hydrogen-bond acceptors (Lipinski definition) is 6. The van der Waals surface area contributed by atoms with Crippen molar-refractivity contribution in [1.29, 1.82) is 0 Å². The number of ether oxygens (including phenoxy) is 1. The summed E-state index contributed by atoms with van der Waals surface area (Å²) in [5, 5.41) is 4.87. The number of carbonyl (C=O) groups excluding carboxylic acids is 1. The Morgan fingerprint density at radius 1 is 0.786 bits per heavy atom. The number of nitrogens with one attached hydrogen (secondary N) is 1. The highest BCUT2D eigenvalue weighted by Gasteiger charge is 2.38. The Kier molecular flexibility index (Phi) is 15.2. The maximum atomic E-state index is 13.5. The van der Waals surface area contributed by atoms with E-state index in [-0.39, 0.29) is 22.5 Å². The van der Waals surface area contributed by atoms with Crippen LogP contribution in [0.3, 0.4) is 0 Å². The Bertz CT molecular complexity index is 2220. The highest BCUT2D eigenvalue weighted by molar-refractivity contribution is 9.10. The zero-order chi connectivity index (χ0) is 42.2. The van der Waals surface area contributed by atoms with Gasteiger partial charge in [-0.15, -0.1) is 0 Å². The average molecular weight is 953 g/mol. The number of halogens is 13. The summed E-state index contributed by atoms with van der Waals surface area (Å²) in [5.74, 6) is -0.907. The number of fused-ring (bicyclic) bond motifs is 2. The SMILES string of the molecule is CC(C)(C)OC(=O)n1c(C(F)(F)Cl)nc2cc(Br)ccc21.FCc1nc2ccc(Br)cc2[nH]1.FOc1ccc(C(F)(F)F)cc1.Oc1ccc(C(F)(F)F)cc1. The molecule has 302 valence electrons. The normalized spacial score (nSPS) is 11.8.